The zero-order valence-corrected chi connectivity index (χ0v) is 21.3. The van der Waals surface area contributed by atoms with Crippen LogP contribution in [0.4, 0.5) is 5.69 Å². The van der Waals surface area contributed by atoms with Gasteiger partial charge in [-0.3, -0.25) is 4.79 Å². The number of nitriles is 2. The van der Waals surface area contributed by atoms with Crippen LogP contribution in [0.3, 0.4) is 0 Å². The van der Waals surface area contributed by atoms with Crippen LogP contribution in [0.5, 0.6) is 0 Å². The third-order valence-electron chi connectivity index (χ3n) is 7.48. The van der Waals surface area contributed by atoms with Crippen molar-refractivity contribution in [1.82, 2.24) is 0 Å². The minimum absolute atomic E-state index is 0.0907. The van der Waals surface area contributed by atoms with Crippen LogP contribution in [0.25, 0.3) is 16.8 Å². The third-order valence-corrected chi connectivity index (χ3v) is 8.46. The monoisotopic (exact) mass is 577 g/mol. The second-order valence-electron chi connectivity index (χ2n) is 9.20. The van der Waals surface area contributed by atoms with Gasteiger partial charge in [-0.2, -0.15) is 10.5 Å². The van der Waals surface area contributed by atoms with Crippen LogP contribution < -0.4 is 4.90 Å². The van der Waals surface area contributed by atoms with Crippen LogP contribution in [0.1, 0.15) is 27.4 Å². The Morgan fingerprint density at radius 2 is 1.56 bits per heavy atom. The van der Waals surface area contributed by atoms with Crippen molar-refractivity contribution in [1.29, 1.82) is 10.5 Å². The number of anilines is 1. The number of nitrogens with zero attached hydrogens (tertiary/aromatic N) is 3. The molecule has 2 aliphatic heterocycles. The Labute approximate surface area is 223 Å². The molecule has 4 aromatic rings. The number of ketones is 1. The number of halogens is 1. The van der Waals surface area contributed by atoms with Crippen molar-refractivity contribution in [3.63, 3.8) is 0 Å². The number of carbonyl (C=O) groups is 1. The maximum Gasteiger partial charge on any atom is 0.185 e. The van der Waals surface area contributed by atoms with Gasteiger partial charge in [-0.25, -0.2) is 0 Å². The Hall–Kier alpha value is -3.94. The number of carbonyl (C=O) groups excluding carboxylic acids is 1. The van der Waals surface area contributed by atoms with Crippen LogP contribution in [-0.4, -0.2) is 17.9 Å². The average molecular weight is 577 g/mol. The summed E-state index contributed by atoms with van der Waals surface area (Å²) in [6, 6.07) is 32.7. The molecule has 3 unspecified atom stereocenters. The van der Waals surface area contributed by atoms with E-state index in [1.54, 1.807) is 0 Å². The standard InChI is InChI=1S/C31H20IN3O/c32-25-13-7-6-12-24(25)28-29(30(36)21-9-2-1-3-10-21)35-26-16-14-20-8-4-5-11-22(20)23(26)15-17-27(35)31(28,18-33)19-34/h1-17,27-29H. The van der Waals surface area contributed by atoms with Gasteiger partial charge in [-0.1, -0.05) is 91.0 Å². The van der Waals surface area contributed by atoms with Crippen molar-refractivity contribution in [2.45, 2.75) is 18.0 Å². The van der Waals surface area contributed by atoms with Crippen molar-refractivity contribution < 1.29 is 4.79 Å². The molecule has 2 heterocycles. The quantitative estimate of drug-likeness (QED) is 0.200. The average Bonchev–Trinajstić information content (AvgIpc) is 3.24. The lowest BCUT2D eigenvalue weighted by Gasteiger charge is -2.36. The molecule has 3 atom stereocenters. The van der Waals surface area contributed by atoms with E-state index >= 15 is 0 Å². The summed E-state index contributed by atoms with van der Waals surface area (Å²) < 4.78 is 0.934. The first-order chi connectivity index (χ1) is 17.6. The van der Waals surface area contributed by atoms with E-state index in [9.17, 15) is 15.3 Å². The summed E-state index contributed by atoms with van der Waals surface area (Å²) in [6.07, 6.45) is 3.97. The number of Topliss-reactive ketones (excluding diaryl/α,β-unsaturated/α-hetero) is 1. The van der Waals surface area contributed by atoms with Gasteiger partial charge < -0.3 is 4.90 Å². The van der Waals surface area contributed by atoms with Gasteiger partial charge in [0, 0.05) is 26.3 Å². The molecule has 0 spiro atoms. The Balaban J connectivity index is 1.67. The van der Waals surface area contributed by atoms with E-state index in [2.05, 4.69) is 52.9 Å². The maximum absolute atomic E-state index is 14.3. The topological polar surface area (TPSA) is 67.9 Å². The number of hydrogen-bond acceptors (Lipinski definition) is 4. The zero-order chi connectivity index (χ0) is 24.9. The molecule has 0 bridgehead atoms. The van der Waals surface area contributed by atoms with Crippen LogP contribution in [0.2, 0.25) is 0 Å². The molecule has 1 fully saturated rings. The van der Waals surface area contributed by atoms with Crippen LogP contribution in [-0.2, 0) is 0 Å². The van der Waals surface area contributed by atoms with Gasteiger partial charge in [-0.15, -0.1) is 0 Å². The maximum atomic E-state index is 14.3. The lowest BCUT2D eigenvalue weighted by molar-refractivity contribution is 0.0951. The summed E-state index contributed by atoms with van der Waals surface area (Å²) in [7, 11) is 0. The molecule has 0 N–H and O–H groups in total. The largest absolute Gasteiger partial charge is 0.351 e. The summed E-state index contributed by atoms with van der Waals surface area (Å²) >= 11 is 2.25. The zero-order valence-electron chi connectivity index (χ0n) is 19.2. The second-order valence-corrected chi connectivity index (χ2v) is 10.4. The number of rotatable bonds is 3. The van der Waals surface area contributed by atoms with E-state index in [-0.39, 0.29) is 5.78 Å². The molecular weight excluding hydrogens is 557 g/mol. The summed E-state index contributed by atoms with van der Waals surface area (Å²) in [4.78, 5) is 16.3. The SMILES string of the molecule is N#CC1(C#N)C(c2ccccc2I)C(C(=O)c2ccccc2)N2c3ccc4ccccc4c3C=CC21. The summed E-state index contributed by atoms with van der Waals surface area (Å²) in [6.45, 7) is 0. The molecule has 2 aliphatic rings. The molecule has 4 aromatic carbocycles. The van der Waals surface area contributed by atoms with E-state index in [0.717, 1.165) is 31.2 Å². The lowest BCUT2D eigenvalue weighted by atomic mass is 9.69. The Kier molecular flexibility index (Phi) is 5.39. The van der Waals surface area contributed by atoms with Crippen molar-refractivity contribution in [2.24, 2.45) is 5.41 Å². The molecule has 1 saturated heterocycles. The molecule has 0 aliphatic carbocycles. The lowest BCUT2D eigenvalue weighted by Crippen LogP contribution is -2.44. The van der Waals surface area contributed by atoms with Gasteiger partial charge in [-0.05, 0) is 51.1 Å². The molecule has 0 saturated carbocycles. The highest BCUT2D eigenvalue weighted by molar-refractivity contribution is 14.1. The van der Waals surface area contributed by atoms with E-state index < -0.39 is 23.4 Å². The van der Waals surface area contributed by atoms with Gasteiger partial charge >= 0.3 is 0 Å². The van der Waals surface area contributed by atoms with Crippen LogP contribution >= 0.6 is 22.6 Å². The Morgan fingerprint density at radius 3 is 2.31 bits per heavy atom. The summed E-state index contributed by atoms with van der Waals surface area (Å²) in [5.74, 6) is -0.729. The fraction of sp³-hybridized carbons (Fsp3) is 0.129. The van der Waals surface area contributed by atoms with Crippen molar-refractivity contribution in [2.75, 3.05) is 4.90 Å². The first kappa shape index (κ1) is 22.5. The van der Waals surface area contributed by atoms with Gasteiger partial charge in [0.15, 0.2) is 11.2 Å². The smallest absolute Gasteiger partial charge is 0.185 e. The predicted octanol–water partition coefficient (Wildman–Crippen LogP) is 6.73. The fourth-order valence-corrected chi connectivity index (χ4v) is 6.61. The Bertz CT molecular complexity index is 1620. The van der Waals surface area contributed by atoms with E-state index in [0.29, 0.717) is 5.56 Å². The molecule has 172 valence electrons. The Morgan fingerprint density at radius 1 is 0.861 bits per heavy atom. The number of benzene rings is 4. The molecule has 36 heavy (non-hydrogen) atoms. The summed E-state index contributed by atoms with van der Waals surface area (Å²) in [5, 5.41) is 23.4. The number of hydrogen-bond donors (Lipinski definition) is 0. The predicted molar refractivity (Wildman–Crippen MR) is 149 cm³/mol. The minimum atomic E-state index is -1.45. The van der Waals surface area contributed by atoms with Gasteiger partial charge in [0.25, 0.3) is 0 Å². The van der Waals surface area contributed by atoms with Crippen molar-refractivity contribution in [3.8, 4) is 12.1 Å². The molecular formula is C31H20IN3O. The molecule has 5 heteroatoms. The van der Waals surface area contributed by atoms with Crippen LogP contribution in [0, 0.1) is 31.6 Å². The first-order valence-electron chi connectivity index (χ1n) is 11.7. The van der Waals surface area contributed by atoms with Crippen molar-refractivity contribution in [3.05, 3.63) is 117 Å². The highest BCUT2D eigenvalue weighted by atomic mass is 127. The second kappa shape index (κ2) is 8.62. The van der Waals surface area contributed by atoms with Gasteiger partial charge in [0.05, 0.1) is 18.2 Å². The number of fused-ring (bicyclic) bond motifs is 5. The van der Waals surface area contributed by atoms with E-state index in [1.165, 1.54) is 0 Å². The third kappa shape index (κ3) is 3.13. The minimum Gasteiger partial charge on any atom is -0.351 e. The van der Waals surface area contributed by atoms with Crippen molar-refractivity contribution >= 4 is 50.9 Å². The van der Waals surface area contributed by atoms with E-state index in [4.69, 9.17) is 0 Å². The van der Waals surface area contributed by atoms with E-state index in [1.807, 2.05) is 89.8 Å². The highest BCUT2D eigenvalue weighted by Gasteiger charge is 2.63. The van der Waals surface area contributed by atoms with Gasteiger partial charge in [0.1, 0.15) is 6.04 Å². The molecule has 0 radical (unpaired) electrons. The summed E-state index contributed by atoms with van der Waals surface area (Å²) in [5.41, 5.74) is 1.85. The highest BCUT2D eigenvalue weighted by Crippen LogP contribution is 2.56. The van der Waals surface area contributed by atoms with Crippen LogP contribution in [0.15, 0.2) is 97.1 Å². The van der Waals surface area contributed by atoms with Gasteiger partial charge in [0.2, 0.25) is 0 Å². The molecule has 6 rings (SSSR count). The molecule has 0 aromatic heterocycles. The normalized spacial score (nSPS) is 21.3. The first-order valence-corrected chi connectivity index (χ1v) is 12.8. The fourth-order valence-electron chi connectivity index (χ4n) is 5.89. The molecule has 0 amide bonds. The molecule has 4 nitrogen and oxygen atoms in total.